The van der Waals surface area contributed by atoms with Crippen LogP contribution >= 0.6 is 0 Å². The zero-order chi connectivity index (χ0) is 19.4. The zero-order valence-corrected chi connectivity index (χ0v) is 15.5. The van der Waals surface area contributed by atoms with Crippen molar-refractivity contribution in [2.75, 3.05) is 22.1 Å². The van der Waals surface area contributed by atoms with Gasteiger partial charge in [-0.25, -0.2) is 0 Å². The molecular formula is C21H23N3O3. The van der Waals surface area contributed by atoms with E-state index in [2.05, 4.69) is 24.5 Å². The van der Waals surface area contributed by atoms with Crippen molar-refractivity contribution in [3.63, 3.8) is 0 Å². The van der Waals surface area contributed by atoms with Gasteiger partial charge < -0.3 is 15.5 Å². The molecule has 1 heterocycles. The van der Waals surface area contributed by atoms with E-state index in [9.17, 15) is 14.4 Å². The minimum atomic E-state index is -0.247. The van der Waals surface area contributed by atoms with Gasteiger partial charge in [0.25, 0.3) is 0 Å². The Labute approximate surface area is 158 Å². The lowest BCUT2D eigenvalue weighted by atomic mass is 10.0. The molecule has 2 aromatic rings. The fraction of sp³-hybridized carbons (Fsp3) is 0.286. The molecule has 1 aliphatic rings. The number of fused-ring (bicyclic) bond motifs is 1. The second-order valence-corrected chi connectivity index (χ2v) is 6.87. The van der Waals surface area contributed by atoms with E-state index in [1.165, 1.54) is 4.90 Å². The van der Waals surface area contributed by atoms with E-state index in [-0.39, 0.29) is 37.1 Å². The van der Waals surface area contributed by atoms with Crippen LogP contribution in [0.5, 0.6) is 0 Å². The minimum absolute atomic E-state index is 0.0338. The SMILES string of the molecule is CC(C)c1cccc(NC(=O)CCC(=O)N2CC(=O)Nc3ccccc32)c1. The van der Waals surface area contributed by atoms with Gasteiger partial charge in [0.1, 0.15) is 6.54 Å². The molecule has 0 fully saturated rings. The fourth-order valence-corrected chi connectivity index (χ4v) is 3.01. The molecule has 3 rings (SSSR count). The first-order valence-corrected chi connectivity index (χ1v) is 9.03. The van der Waals surface area contributed by atoms with Crippen molar-refractivity contribution in [2.45, 2.75) is 32.6 Å². The first-order valence-electron chi connectivity index (χ1n) is 9.03. The van der Waals surface area contributed by atoms with Crippen molar-refractivity contribution in [1.29, 1.82) is 0 Å². The van der Waals surface area contributed by atoms with Crippen LogP contribution < -0.4 is 15.5 Å². The third-order valence-corrected chi connectivity index (χ3v) is 4.47. The third-order valence-electron chi connectivity index (χ3n) is 4.47. The van der Waals surface area contributed by atoms with Crippen molar-refractivity contribution in [2.24, 2.45) is 0 Å². The highest BCUT2D eigenvalue weighted by atomic mass is 16.2. The highest BCUT2D eigenvalue weighted by molar-refractivity contribution is 6.10. The maximum Gasteiger partial charge on any atom is 0.244 e. The smallest absolute Gasteiger partial charge is 0.244 e. The Bertz CT molecular complexity index is 876. The summed E-state index contributed by atoms with van der Waals surface area (Å²) in [6, 6.07) is 14.8. The van der Waals surface area contributed by atoms with E-state index in [0.29, 0.717) is 17.3 Å². The largest absolute Gasteiger partial charge is 0.326 e. The number of nitrogens with one attached hydrogen (secondary N) is 2. The Morgan fingerprint density at radius 1 is 1.11 bits per heavy atom. The van der Waals surface area contributed by atoms with Crippen molar-refractivity contribution in [3.05, 3.63) is 54.1 Å². The lowest BCUT2D eigenvalue weighted by Crippen LogP contribution is -2.42. The molecule has 0 unspecified atom stereocenters. The number of rotatable bonds is 5. The number of nitrogens with zero attached hydrogens (tertiary/aromatic N) is 1. The van der Waals surface area contributed by atoms with E-state index < -0.39 is 0 Å². The van der Waals surface area contributed by atoms with E-state index in [0.717, 1.165) is 11.3 Å². The molecule has 0 aliphatic carbocycles. The number of carbonyl (C=O) groups is 3. The average Bonchev–Trinajstić information content (AvgIpc) is 2.65. The summed E-state index contributed by atoms with van der Waals surface area (Å²) < 4.78 is 0. The van der Waals surface area contributed by atoms with Crippen LogP contribution in [-0.2, 0) is 14.4 Å². The van der Waals surface area contributed by atoms with Crippen LogP contribution in [-0.4, -0.2) is 24.3 Å². The Hall–Kier alpha value is -3.15. The summed E-state index contributed by atoms with van der Waals surface area (Å²) in [7, 11) is 0. The lowest BCUT2D eigenvalue weighted by molar-refractivity contribution is -0.124. The summed E-state index contributed by atoms with van der Waals surface area (Å²) in [6.45, 7) is 4.15. The number of hydrogen-bond acceptors (Lipinski definition) is 3. The number of carbonyl (C=O) groups excluding carboxylic acids is 3. The molecular weight excluding hydrogens is 342 g/mol. The molecule has 140 valence electrons. The van der Waals surface area contributed by atoms with Gasteiger partial charge in [-0.2, -0.15) is 0 Å². The van der Waals surface area contributed by atoms with Crippen molar-refractivity contribution >= 4 is 34.8 Å². The number of benzene rings is 2. The van der Waals surface area contributed by atoms with Gasteiger partial charge in [0.05, 0.1) is 11.4 Å². The topological polar surface area (TPSA) is 78.5 Å². The van der Waals surface area contributed by atoms with Gasteiger partial charge in [0.15, 0.2) is 0 Å². The van der Waals surface area contributed by atoms with Gasteiger partial charge >= 0.3 is 0 Å². The highest BCUT2D eigenvalue weighted by Gasteiger charge is 2.26. The van der Waals surface area contributed by atoms with Crippen molar-refractivity contribution in [1.82, 2.24) is 0 Å². The van der Waals surface area contributed by atoms with Crippen LogP contribution in [0.15, 0.2) is 48.5 Å². The van der Waals surface area contributed by atoms with Crippen LogP contribution in [0.2, 0.25) is 0 Å². The summed E-state index contributed by atoms with van der Waals surface area (Å²) in [5.74, 6) is -0.340. The Kier molecular flexibility index (Phi) is 5.54. The second kappa shape index (κ2) is 8.03. The minimum Gasteiger partial charge on any atom is -0.326 e. The van der Waals surface area contributed by atoms with Gasteiger partial charge in [0, 0.05) is 18.5 Å². The van der Waals surface area contributed by atoms with E-state index >= 15 is 0 Å². The molecule has 1 aliphatic heterocycles. The summed E-state index contributed by atoms with van der Waals surface area (Å²) in [5, 5.41) is 5.58. The van der Waals surface area contributed by atoms with E-state index in [1.807, 2.05) is 30.3 Å². The van der Waals surface area contributed by atoms with Crippen LogP contribution in [0.1, 0.15) is 38.2 Å². The van der Waals surface area contributed by atoms with Crippen LogP contribution in [0.3, 0.4) is 0 Å². The molecule has 2 N–H and O–H groups in total. The van der Waals surface area contributed by atoms with E-state index in [4.69, 9.17) is 0 Å². The average molecular weight is 365 g/mol. The van der Waals surface area contributed by atoms with E-state index in [1.54, 1.807) is 18.2 Å². The molecule has 0 atom stereocenters. The standard InChI is InChI=1S/C21H23N3O3/c1-14(2)15-6-5-7-16(12-15)22-19(25)10-11-21(27)24-13-20(26)23-17-8-3-4-9-18(17)24/h3-9,12,14H,10-11,13H2,1-2H3,(H,22,25)(H,23,26). The summed E-state index contributed by atoms with van der Waals surface area (Å²) in [4.78, 5) is 38.1. The Morgan fingerprint density at radius 3 is 2.67 bits per heavy atom. The van der Waals surface area contributed by atoms with Crippen LogP contribution in [0.4, 0.5) is 17.1 Å². The Balaban J connectivity index is 1.60. The van der Waals surface area contributed by atoms with Gasteiger partial charge in [-0.3, -0.25) is 14.4 Å². The predicted molar refractivity (Wildman–Crippen MR) is 106 cm³/mol. The summed E-state index contributed by atoms with van der Waals surface area (Å²) in [6.07, 6.45) is 0.0995. The molecule has 3 amide bonds. The van der Waals surface area contributed by atoms with Gasteiger partial charge in [-0.15, -0.1) is 0 Å². The Morgan fingerprint density at radius 2 is 1.89 bits per heavy atom. The molecule has 6 nitrogen and oxygen atoms in total. The van der Waals surface area contributed by atoms with Gasteiger partial charge in [-0.1, -0.05) is 38.1 Å². The number of anilines is 3. The van der Waals surface area contributed by atoms with Crippen LogP contribution in [0.25, 0.3) is 0 Å². The van der Waals surface area contributed by atoms with Gasteiger partial charge in [-0.05, 0) is 35.7 Å². The maximum atomic E-state index is 12.6. The first-order chi connectivity index (χ1) is 12.9. The quantitative estimate of drug-likeness (QED) is 0.851. The van der Waals surface area contributed by atoms with Crippen molar-refractivity contribution < 1.29 is 14.4 Å². The molecule has 0 saturated heterocycles. The predicted octanol–water partition coefficient (Wildman–Crippen LogP) is 3.51. The van der Waals surface area contributed by atoms with Gasteiger partial charge in [0.2, 0.25) is 17.7 Å². The van der Waals surface area contributed by atoms with Crippen molar-refractivity contribution in [3.8, 4) is 0 Å². The normalized spacial score (nSPS) is 13.1. The molecule has 2 aromatic carbocycles. The maximum absolute atomic E-state index is 12.6. The third kappa shape index (κ3) is 4.53. The second-order valence-electron chi connectivity index (χ2n) is 6.87. The monoisotopic (exact) mass is 365 g/mol. The zero-order valence-electron chi connectivity index (χ0n) is 15.5. The highest BCUT2D eigenvalue weighted by Crippen LogP contribution is 2.29. The summed E-state index contributed by atoms with van der Waals surface area (Å²) >= 11 is 0. The lowest BCUT2D eigenvalue weighted by Gasteiger charge is -2.29. The number of para-hydroxylation sites is 2. The number of hydrogen-bond donors (Lipinski definition) is 2. The summed E-state index contributed by atoms with van der Waals surface area (Å²) in [5.41, 5.74) is 3.13. The fourth-order valence-electron chi connectivity index (χ4n) is 3.01. The molecule has 0 radical (unpaired) electrons. The first kappa shape index (κ1) is 18.6. The molecule has 0 aromatic heterocycles. The molecule has 0 saturated carbocycles. The molecule has 27 heavy (non-hydrogen) atoms. The molecule has 0 spiro atoms. The van der Waals surface area contributed by atoms with Crippen LogP contribution in [0, 0.1) is 0 Å². The molecule has 0 bridgehead atoms. The molecule has 6 heteroatoms. The number of amides is 3.